The third kappa shape index (κ3) is 3.60. The van der Waals surface area contributed by atoms with E-state index in [1.807, 2.05) is 36.4 Å². The minimum Gasteiger partial charge on any atom is -0.335 e. The molecule has 2 heterocycles. The van der Waals surface area contributed by atoms with E-state index >= 15 is 0 Å². The zero-order valence-corrected chi connectivity index (χ0v) is 14.9. The Balaban J connectivity index is 1.61. The number of anilines is 1. The number of urea groups is 1. The van der Waals surface area contributed by atoms with E-state index in [0.717, 1.165) is 36.6 Å². The van der Waals surface area contributed by atoms with Gasteiger partial charge in [0.05, 0.1) is 11.7 Å². The zero-order valence-electron chi connectivity index (χ0n) is 14.9. The summed E-state index contributed by atoms with van der Waals surface area (Å²) in [6.45, 7) is 0. The molecule has 3 aromatic rings. The number of carbonyl (C=O) groups excluding carboxylic acids is 1. The highest BCUT2D eigenvalue weighted by atomic mass is 16.2. The number of aromatic nitrogens is 3. The third-order valence-electron chi connectivity index (χ3n) is 4.86. The SMILES string of the molecule is N#Cc1cnn(-c2ccc3ccccc3n2)c1NC(=O)NC1CCCCC1. The fourth-order valence-corrected chi connectivity index (χ4v) is 3.47. The van der Waals surface area contributed by atoms with Gasteiger partial charge in [0.25, 0.3) is 0 Å². The van der Waals surface area contributed by atoms with Gasteiger partial charge in [-0.1, -0.05) is 37.5 Å². The van der Waals surface area contributed by atoms with Crippen molar-refractivity contribution in [3.63, 3.8) is 0 Å². The van der Waals surface area contributed by atoms with Crippen LogP contribution in [0.1, 0.15) is 37.7 Å². The second-order valence-electron chi connectivity index (χ2n) is 6.73. The van der Waals surface area contributed by atoms with Crippen LogP contribution in [-0.4, -0.2) is 26.8 Å². The Morgan fingerprint density at radius 1 is 1.15 bits per heavy atom. The molecule has 7 heteroatoms. The Labute approximate surface area is 157 Å². The summed E-state index contributed by atoms with van der Waals surface area (Å²) in [4.78, 5) is 17.0. The topological polar surface area (TPSA) is 95.6 Å². The largest absolute Gasteiger partial charge is 0.335 e. The van der Waals surface area contributed by atoms with Crippen molar-refractivity contribution in [2.45, 2.75) is 38.1 Å². The minimum atomic E-state index is -0.319. The van der Waals surface area contributed by atoms with Gasteiger partial charge < -0.3 is 5.32 Å². The highest BCUT2D eigenvalue weighted by Gasteiger charge is 2.19. The number of nitrogens with zero attached hydrogens (tertiary/aromatic N) is 4. The number of hydrogen-bond donors (Lipinski definition) is 2. The second kappa shape index (κ2) is 7.46. The van der Waals surface area contributed by atoms with Crippen molar-refractivity contribution in [3.8, 4) is 11.9 Å². The van der Waals surface area contributed by atoms with Gasteiger partial charge in [-0.05, 0) is 31.0 Å². The maximum Gasteiger partial charge on any atom is 0.320 e. The van der Waals surface area contributed by atoms with Crippen molar-refractivity contribution >= 4 is 22.8 Å². The highest BCUT2D eigenvalue weighted by Crippen LogP contribution is 2.22. The van der Waals surface area contributed by atoms with Crippen molar-refractivity contribution in [2.24, 2.45) is 0 Å². The third-order valence-corrected chi connectivity index (χ3v) is 4.86. The molecule has 0 radical (unpaired) electrons. The van der Waals surface area contributed by atoms with Crippen molar-refractivity contribution in [1.29, 1.82) is 5.26 Å². The number of benzene rings is 1. The van der Waals surface area contributed by atoms with Crippen molar-refractivity contribution in [1.82, 2.24) is 20.1 Å². The standard InChI is InChI=1S/C20H20N6O/c21-12-15-13-22-26(18-11-10-14-6-4-5-9-17(14)24-18)19(15)25-20(27)23-16-7-2-1-3-8-16/h4-6,9-11,13,16H,1-3,7-8H2,(H2,23,25,27). The lowest BCUT2D eigenvalue weighted by molar-refractivity contribution is 0.244. The van der Waals surface area contributed by atoms with Crippen LogP contribution in [0, 0.1) is 11.3 Å². The Morgan fingerprint density at radius 2 is 1.96 bits per heavy atom. The predicted octanol–water partition coefficient (Wildman–Crippen LogP) is 3.75. The number of fused-ring (bicyclic) bond motifs is 1. The van der Waals surface area contributed by atoms with Crippen LogP contribution in [-0.2, 0) is 0 Å². The second-order valence-corrected chi connectivity index (χ2v) is 6.73. The van der Waals surface area contributed by atoms with E-state index in [2.05, 4.69) is 26.8 Å². The quantitative estimate of drug-likeness (QED) is 0.743. The average Bonchev–Trinajstić information content (AvgIpc) is 3.10. The van der Waals surface area contributed by atoms with Gasteiger partial charge in [0.1, 0.15) is 11.6 Å². The molecule has 1 fully saturated rings. The number of para-hydroxylation sites is 1. The van der Waals surface area contributed by atoms with Crippen LogP contribution in [0.5, 0.6) is 0 Å². The lowest BCUT2D eigenvalue weighted by Gasteiger charge is -2.23. The smallest absolute Gasteiger partial charge is 0.320 e. The molecule has 0 unspecified atom stereocenters. The maximum absolute atomic E-state index is 12.4. The first kappa shape index (κ1) is 17.0. The van der Waals surface area contributed by atoms with Crippen LogP contribution in [0.3, 0.4) is 0 Å². The molecular formula is C20H20N6O. The normalized spacial score (nSPS) is 14.6. The number of pyridine rings is 1. The number of nitriles is 1. The van der Waals surface area contributed by atoms with Gasteiger partial charge in [0, 0.05) is 11.4 Å². The van der Waals surface area contributed by atoms with Gasteiger partial charge in [-0.25, -0.2) is 9.78 Å². The minimum absolute atomic E-state index is 0.180. The number of nitrogens with one attached hydrogen (secondary N) is 2. The molecule has 1 aliphatic rings. The Hall–Kier alpha value is -3.40. The maximum atomic E-state index is 12.4. The monoisotopic (exact) mass is 360 g/mol. The summed E-state index contributed by atoms with van der Waals surface area (Å²) in [5.41, 5.74) is 1.12. The molecule has 0 saturated heterocycles. The van der Waals surface area contributed by atoms with E-state index in [9.17, 15) is 10.1 Å². The molecular weight excluding hydrogens is 340 g/mol. The van der Waals surface area contributed by atoms with Crippen LogP contribution in [0.2, 0.25) is 0 Å². The summed E-state index contributed by atoms with van der Waals surface area (Å²) < 4.78 is 1.49. The predicted molar refractivity (Wildman–Crippen MR) is 103 cm³/mol. The van der Waals surface area contributed by atoms with Gasteiger partial charge >= 0.3 is 6.03 Å². The number of rotatable bonds is 3. The lowest BCUT2D eigenvalue weighted by atomic mass is 9.96. The molecule has 0 atom stereocenters. The highest BCUT2D eigenvalue weighted by molar-refractivity contribution is 5.90. The summed E-state index contributed by atoms with van der Waals surface area (Å²) >= 11 is 0. The number of carbonyl (C=O) groups is 1. The van der Waals surface area contributed by atoms with E-state index in [1.54, 1.807) is 0 Å². The van der Waals surface area contributed by atoms with E-state index in [0.29, 0.717) is 17.2 Å². The van der Waals surface area contributed by atoms with E-state index in [1.165, 1.54) is 17.3 Å². The first-order chi connectivity index (χ1) is 13.2. The summed E-state index contributed by atoms with van der Waals surface area (Å²) in [5, 5.41) is 20.4. The molecule has 2 N–H and O–H groups in total. The van der Waals surface area contributed by atoms with Crippen LogP contribution >= 0.6 is 0 Å². The average molecular weight is 360 g/mol. The molecule has 4 rings (SSSR count). The van der Waals surface area contributed by atoms with Crippen molar-refractivity contribution < 1.29 is 4.79 Å². The van der Waals surface area contributed by atoms with Gasteiger partial charge in [0.15, 0.2) is 11.6 Å². The summed E-state index contributed by atoms with van der Waals surface area (Å²) in [7, 11) is 0. The fourth-order valence-electron chi connectivity index (χ4n) is 3.47. The lowest BCUT2D eigenvalue weighted by Crippen LogP contribution is -2.39. The van der Waals surface area contributed by atoms with Gasteiger partial charge in [0.2, 0.25) is 0 Å². The van der Waals surface area contributed by atoms with Crippen LogP contribution in [0.25, 0.3) is 16.7 Å². The molecule has 1 saturated carbocycles. The first-order valence-electron chi connectivity index (χ1n) is 9.16. The summed E-state index contributed by atoms with van der Waals surface area (Å²) in [6.07, 6.45) is 6.90. The van der Waals surface area contributed by atoms with Crippen LogP contribution in [0.4, 0.5) is 10.6 Å². The van der Waals surface area contributed by atoms with Crippen LogP contribution < -0.4 is 10.6 Å². The van der Waals surface area contributed by atoms with Gasteiger partial charge in [-0.3, -0.25) is 5.32 Å². The Kier molecular flexibility index (Phi) is 4.71. The van der Waals surface area contributed by atoms with Crippen LogP contribution in [0.15, 0.2) is 42.6 Å². The van der Waals surface area contributed by atoms with Gasteiger partial charge in [-0.2, -0.15) is 15.0 Å². The molecule has 136 valence electrons. The van der Waals surface area contributed by atoms with E-state index in [-0.39, 0.29) is 12.1 Å². The van der Waals surface area contributed by atoms with E-state index in [4.69, 9.17) is 0 Å². The number of amides is 2. The van der Waals surface area contributed by atoms with Crippen molar-refractivity contribution in [3.05, 3.63) is 48.2 Å². The van der Waals surface area contributed by atoms with Gasteiger partial charge in [-0.15, -0.1) is 0 Å². The fraction of sp³-hybridized carbons (Fsp3) is 0.300. The van der Waals surface area contributed by atoms with Crippen molar-refractivity contribution in [2.75, 3.05) is 5.32 Å². The molecule has 2 aromatic heterocycles. The molecule has 0 spiro atoms. The Morgan fingerprint density at radius 3 is 2.78 bits per heavy atom. The molecule has 7 nitrogen and oxygen atoms in total. The summed E-state index contributed by atoms with van der Waals surface area (Å²) in [5.74, 6) is 0.872. The van der Waals surface area contributed by atoms with E-state index < -0.39 is 0 Å². The molecule has 1 aromatic carbocycles. The first-order valence-corrected chi connectivity index (χ1v) is 9.16. The molecule has 2 amide bonds. The molecule has 0 bridgehead atoms. The summed E-state index contributed by atoms with van der Waals surface area (Å²) in [6, 6.07) is 13.5. The molecule has 27 heavy (non-hydrogen) atoms. The Bertz CT molecular complexity index is 1010. The zero-order chi connectivity index (χ0) is 18.6. The molecule has 0 aliphatic heterocycles. The number of hydrogen-bond acceptors (Lipinski definition) is 4. The molecule has 1 aliphatic carbocycles.